The Morgan fingerprint density at radius 3 is 3.00 bits per heavy atom. The Kier molecular flexibility index (Phi) is 4.97. The fraction of sp³-hybridized carbons (Fsp3) is 0.308. The van der Waals surface area contributed by atoms with E-state index in [-0.39, 0.29) is 5.96 Å². The fourth-order valence-corrected chi connectivity index (χ4v) is 1.67. The van der Waals surface area contributed by atoms with Gasteiger partial charge in [0.05, 0.1) is 19.9 Å². The van der Waals surface area contributed by atoms with Gasteiger partial charge in [-0.25, -0.2) is 0 Å². The zero-order chi connectivity index (χ0) is 15.1. The minimum Gasteiger partial charge on any atom is -0.497 e. The molecule has 0 spiro atoms. The van der Waals surface area contributed by atoms with Crippen LogP contribution in [0.4, 0.5) is 0 Å². The minimum atomic E-state index is -0.0586. The van der Waals surface area contributed by atoms with Gasteiger partial charge in [-0.15, -0.1) is 5.10 Å². The molecule has 1 heterocycles. The highest BCUT2D eigenvalue weighted by molar-refractivity contribution is 5.74. The van der Waals surface area contributed by atoms with Crippen LogP contribution in [-0.4, -0.2) is 34.6 Å². The molecule has 0 aliphatic carbocycles. The van der Waals surface area contributed by atoms with E-state index in [1.165, 1.54) is 0 Å². The van der Waals surface area contributed by atoms with Crippen LogP contribution in [-0.2, 0) is 13.2 Å². The number of rotatable bonds is 7. The summed E-state index contributed by atoms with van der Waals surface area (Å²) < 4.78 is 12.4. The van der Waals surface area contributed by atoms with Gasteiger partial charge in [-0.1, -0.05) is 11.3 Å². The van der Waals surface area contributed by atoms with E-state index in [0.29, 0.717) is 25.4 Å². The molecule has 2 aromatic rings. The first-order valence-electron chi connectivity index (χ1n) is 6.41. The second-order valence-electron chi connectivity index (χ2n) is 4.28. The molecule has 0 bridgehead atoms. The van der Waals surface area contributed by atoms with Crippen LogP contribution in [0.15, 0.2) is 30.5 Å². The number of aromatic nitrogens is 3. The van der Waals surface area contributed by atoms with E-state index in [1.54, 1.807) is 24.1 Å². The van der Waals surface area contributed by atoms with Crippen LogP contribution >= 0.6 is 0 Å². The van der Waals surface area contributed by atoms with E-state index < -0.39 is 0 Å². The van der Waals surface area contributed by atoms with E-state index >= 15 is 0 Å². The van der Waals surface area contributed by atoms with Crippen LogP contribution in [0.25, 0.3) is 0 Å². The molecule has 112 valence electrons. The standard InChI is InChI=1S/C13H18N6O2/c1-20-11-3-2-4-12(7-11)21-9-10-8-19(18-17-10)6-5-16-13(14)15/h2-4,7-8H,5-6,9H2,1H3,(H4,14,15,16). The number of ether oxygens (including phenoxy) is 2. The molecule has 0 radical (unpaired) electrons. The van der Waals surface area contributed by atoms with Gasteiger partial charge in [-0.2, -0.15) is 0 Å². The van der Waals surface area contributed by atoms with Crippen LogP contribution in [0.1, 0.15) is 5.69 Å². The third kappa shape index (κ3) is 4.68. The first-order chi connectivity index (χ1) is 10.2. The van der Waals surface area contributed by atoms with Crippen LogP contribution in [0, 0.1) is 5.41 Å². The summed E-state index contributed by atoms with van der Waals surface area (Å²) in [7, 11) is 1.61. The summed E-state index contributed by atoms with van der Waals surface area (Å²) in [6, 6.07) is 7.37. The molecule has 0 saturated carbocycles. The first kappa shape index (κ1) is 14.6. The number of nitrogens with two attached hydrogens (primary N) is 1. The number of methoxy groups -OCH3 is 1. The fourth-order valence-electron chi connectivity index (χ4n) is 1.67. The van der Waals surface area contributed by atoms with Crippen molar-refractivity contribution in [1.29, 1.82) is 5.41 Å². The lowest BCUT2D eigenvalue weighted by molar-refractivity contribution is 0.298. The predicted molar refractivity (Wildman–Crippen MR) is 77.3 cm³/mol. The highest BCUT2D eigenvalue weighted by Crippen LogP contribution is 2.19. The van der Waals surface area contributed by atoms with Crippen molar-refractivity contribution in [2.24, 2.45) is 5.73 Å². The van der Waals surface area contributed by atoms with Crippen LogP contribution in [0.3, 0.4) is 0 Å². The second kappa shape index (κ2) is 7.13. The van der Waals surface area contributed by atoms with Gasteiger partial charge >= 0.3 is 0 Å². The topological polar surface area (TPSA) is 111 Å². The first-order valence-corrected chi connectivity index (χ1v) is 6.41. The summed E-state index contributed by atoms with van der Waals surface area (Å²) >= 11 is 0. The molecule has 4 N–H and O–H groups in total. The van der Waals surface area contributed by atoms with Crippen molar-refractivity contribution in [3.8, 4) is 11.5 Å². The van der Waals surface area contributed by atoms with Crippen LogP contribution in [0.2, 0.25) is 0 Å². The molecule has 0 fully saturated rings. The Morgan fingerprint density at radius 1 is 1.43 bits per heavy atom. The highest BCUT2D eigenvalue weighted by Gasteiger charge is 2.03. The zero-order valence-corrected chi connectivity index (χ0v) is 11.7. The lowest BCUT2D eigenvalue weighted by Crippen LogP contribution is -2.32. The van der Waals surface area contributed by atoms with Crippen molar-refractivity contribution >= 4 is 5.96 Å². The molecule has 8 heteroatoms. The van der Waals surface area contributed by atoms with Crippen molar-refractivity contribution < 1.29 is 9.47 Å². The Morgan fingerprint density at radius 2 is 2.24 bits per heavy atom. The molecule has 21 heavy (non-hydrogen) atoms. The smallest absolute Gasteiger partial charge is 0.185 e. The van der Waals surface area contributed by atoms with Crippen molar-refractivity contribution in [2.45, 2.75) is 13.2 Å². The van der Waals surface area contributed by atoms with Crippen molar-refractivity contribution in [2.75, 3.05) is 13.7 Å². The third-order valence-electron chi connectivity index (χ3n) is 2.67. The molecule has 0 aliphatic heterocycles. The van der Waals surface area contributed by atoms with Crippen LogP contribution in [0.5, 0.6) is 11.5 Å². The monoisotopic (exact) mass is 290 g/mol. The summed E-state index contributed by atoms with van der Waals surface area (Å²) in [5, 5.41) is 17.7. The normalized spacial score (nSPS) is 10.1. The zero-order valence-electron chi connectivity index (χ0n) is 11.7. The molecule has 1 aromatic carbocycles. The van der Waals surface area contributed by atoms with Gasteiger partial charge in [0.2, 0.25) is 0 Å². The van der Waals surface area contributed by atoms with Crippen LogP contribution < -0.4 is 20.5 Å². The van der Waals surface area contributed by atoms with E-state index in [9.17, 15) is 0 Å². The second-order valence-corrected chi connectivity index (χ2v) is 4.28. The maximum absolute atomic E-state index is 7.05. The van der Waals surface area contributed by atoms with Crippen molar-refractivity contribution in [3.63, 3.8) is 0 Å². The number of guanidine groups is 1. The van der Waals surface area contributed by atoms with E-state index in [4.69, 9.17) is 20.6 Å². The average Bonchev–Trinajstić information content (AvgIpc) is 2.93. The minimum absolute atomic E-state index is 0.0586. The van der Waals surface area contributed by atoms with E-state index in [2.05, 4.69) is 15.6 Å². The molecule has 0 aliphatic rings. The van der Waals surface area contributed by atoms with Gasteiger partial charge < -0.3 is 20.5 Å². The number of benzene rings is 1. The molecule has 0 unspecified atom stereocenters. The number of hydrogen-bond donors (Lipinski definition) is 3. The molecular formula is C13H18N6O2. The van der Waals surface area contributed by atoms with E-state index in [0.717, 1.165) is 11.4 Å². The van der Waals surface area contributed by atoms with Crippen molar-refractivity contribution in [3.05, 3.63) is 36.2 Å². The molecular weight excluding hydrogens is 272 g/mol. The van der Waals surface area contributed by atoms with Gasteiger partial charge in [0.25, 0.3) is 0 Å². The summed E-state index contributed by atoms with van der Waals surface area (Å²) in [5.74, 6) is 1.39. The molecule has 8 nitrogen and oxygen atoms in total. The average molecular weight is 290 g/mol. The molecule has 0 atom stereocenters. The van der Waals surface area contributed by atoms with Gasteiger partial charge in [-0.3, -0.25) is 10.1 Å². The molecule has 0 amide bonds. The van der Waals surface area contributed by atoms with Gasteiger partial charge in [0, 0.05) is 12.6 Å². The predicted octanol–water partition coefficient (Wildman–Crippen LogP) is 0.349. The largest absolute Gasteiger partial charge is 0.497 e. The van der Waals surface area contributed by atoms with Gasteiger partial charge in [0.1, 0.15) is 23.8 Å². The molecule has 1 aromatic heterocycles. The quantitative estimate of drug-likeness (QED) is 0.501. The van der Waals surface area contributed by atoms with Gasteiger partial charge in [0.15, 0.2) is 5.96 Å². The summed E-state index contributed by atoms with van der Waals surface area (Å²) in [5.41, 5.74) is 5.92. The maximum Gasteiger partial charge on any atom is 0.185 e. The van der Waals surface area contributed by atoms with Crippen molar-refractivity contribution in [1.82, 2.24) is 20.3 Å². The third-order valence-corrected chi connectivity index (χ3v) is 2.67. The molecule has 0 saturated heterocycles. The van der Waals surface area contributed by atoms with Gasteiger partial charge in [-0.05, 0) is 12.1 Å². The number of nitrogens with zero attached hydrogens (tertiary/aromatic N) is 3. The Hall–Kier alpha value is -2.77. The summed E-state index contributed by atoms with van der Waals surface area (Å²) in [4.78, 5) is 0. The lowest BCUT2D eigenvalue weighted by atomic mass is 10.3. The Balaban J connectivity index is 1.83. The Labute approximate surface area is 122 Å². The lowest BCUT2D eigenvalue weighted by Gasteiger charge is -2.05. The summed E-state index contributed by atoms with van der Waals surface area (Å²) in [6.07, 6.45) is 1.79. The Bertz CT molecular complexity index is 598. The SMILES string of the molecule is COc1cccc(OCc2cn(CCNC(=N)N)nn2)c1. The molecule has 2 rings (SSSR count). The number of nitrogens with one attached hydrogen (secondary N) is 2. The summed E-state index contributed by atoms with van der Waals surface area (Å²) in [6.45, 7) is 1.42. The van der Waals surface area contributed by atoms with E-state index in [1.807, 2.05) is 18.2 Å². The highest BCUT2D eigenvalue weighted by atomic mass is 16.5. The number of hydrogen-bond acceptors (Lipinski definition) is 5. The maximum atomic E-state index is 7.05.